The zero-order chi connectivity index (χ0) is 27.8. The van der Waals surface area contributed by atoms with Crippen LogP contribution in [-0.4, -0.2) is 48.7 Å². The molecule has 2 amide bonds. The van der Waals surface area contributed by atoms with E-state index in [1.165, 1.54) is 6.42 Å². The summed E-state index contributed by atoms with van der Waals surface area (Å²) < 4.78 is 5.32. The third-order valence-corrected chi connectivity index (χ3v) is 7.25. The number of nitrogens with zero attached hydrogens (tertiary/aromatic N) is 1. The Morgan fingerprint density at radius 3 is 2.26 bits per heavy atom. The standard InChI is InChI=1S/C32H37N3O4/c1-22(36)19-35(20-24-8-7-9-24)23(2)31(37)34-30-18-27(12-13-28(30)21-39-3)32(38)33-29-16-14-26(15-17-29)25-10-5-4-6-11-25/h4-6,10-18,23-24H,7-9,19-21H2,1-3H3,(H,33,38)(H,34,37). The normalized spacial score (nSPS) is 13.9. The van der Waals surface area contributed by atoms with Gasteiger partial charge in [-0.05, 0) is 68.0 Å². The summed E-state index contributed by atoms with van der Waals surface area (Å²) >= 11 is 0. The lowest BCUT2D eigenvalue weighted by molar-refractivity contribution is -0.124. The Kier molecular flexibility index (Phi) is 9.63. The molecule has 0 aromatic heterocycles. The number of methoxy groups -OCH3 is 1. The number of ketones is 1. The van der Waals surface area contributed by atoms with Gasteiger partial charge in [-0.25, -0.2) is 0 Å². The van der Waals surface area contributed by atoms with E-state index in [4.69, 9.17) is 4.74 Å². The first-order chi connectivity index (χ1) is 18.8. The van der Waals surface area contributed by atoms with Gasteiger partial charge in [-0.3, -0.25) is 19.3 Å². The summed E-state index contributed by atoms with van der Waals surface area (Å²) in [4.78, 5) is 40.2. The first-order valence-electron chi connectivity index (χ1n) is 13.5. The summed E-state index contributed by atoms with van der Waals surface area (Å²) in [6.07, 6.45) is 3.46. The van der Waals surface area contributed by atoms with Crippen LogP contribution < -0.4 is 10.6 Å². The van der Waals surface area contributed by atoms with Gasteiger partial charge in [-0.1, -0.05) is 55.0 Å². The van der Waals surface area contributed by atoms with Gasteiger partial charge in [-0.2, -0.15) is 0 Å². The molecule has 3 aromatic carbocycles. The van der Waals surface area contributed by atoms with Crippen LogP contribution in [0.5, 0.6) is 0 Å². The Labute approximate surface area is 230 Å². The SMILES string of the molecule is COCc1ccc(C(=O)Nc2ccc(-c3ccccc3)cc2)cc1NC(=O)C(C)N(CC(C)=O)CC1CCC1. The quantitative estimate of drug-likeness (QED) is 0.312. The Morgan fingerprint density at radius 1 is 0.949 bits per heavy atom. The van der Waals surface area contributed by atoms with Crippen LogP contribution in [0.3, 0.4) is 0 Å². The minimum atomic E-state index is -0.495. The second kappa shape index (κ2) is 13.3. The van der Waals surface area contributed by atoms with Crippen molar-refractivity contribution in [3.8, 4) is 11.1 Å². The summed E-state index contributed by atoms with van der Waals surface area (Å²) in [5.74, 6) is 0.0575. The van der Waals surface area contributed by atoms with Crippen molar-refractivity contribution in [1.29, 1.82) is 0 Å². The van der Waals surface area contributed by atoms with Crippen LogP contribution in [0, 0.1) is 5.92 Å². The molecule has 1 saturated carbocycles. The second-order valence-electron chi connectivity index (χ2n) is 10.3. The Bertz CT molecular complexity index is 1290. The van der Waals surface area contributed by atoms with Gasteiger partial charge in [0.1, 0.15) is 5.78 Å². The summed E-state index contributed by atoms with van der Waals surface area (Å²) in [5, 5.41) is 5.93. The number of hydrogen-bond acceptors (Lipinski definition) is 5. The van der Waals surface area contributed by atoms with E-state index in [0.29, 0.717) is 22.9 Å². The van der Waals surface area contributed by atoms with E-state index >= 15 is 0 Å². The summed E-state index contributed by atoms with van der Waals surface area (Å²) in [7, 11) is 1.58. The van der Waals surface area contributed by atoms with E-state index < -0.39 is 6.04 Å². The monoisotopic (exact) mass is 527 g/mol. The van der Waals surface area contributed by atoms with Crippen LogP contribution in [0.1, 0.15) is 49.0 Å². The number of carbonyl (C=O) groups excluding carboxylic acids is 3. The zero-order valence-corrected chi connectivity index (χ0v) is 22.9. The molecule has 1 aliphatic rings. The van der Waals surface area contributed by atoms with Gasteiger partial charge < -0.3 is 15.4 Å². The van der Waals surface area contributed by atoms with E-state index in [1.54, 1.807) is 32.2 Å². The van der Waals surface area contributed by atoms with E-state index in [1.807, 2.05) is 66.4 Å². The van der Waals surface area contributed by atoms with E-state index in [-0.39, 0.29) is 30.7 Å². The van der Waals surface area contributed by atoms with E-state index in [2.05, 4.69) is 10.6 Å². The second-order valence-corrected chi connectivity index (χ2v) is 10.3. The minimum absolute atomic E-state index is 0.0320. The average molecular weight is 528 g/mol. The zero-order valence-electron chi connectivity index (χ0n) is 22.9. The number of benzene rings is 3. The third-order valence-electron chi connectivity index (χ3n) is 7.25. The molecule has 0 radical (unpaired) electrons. The first kappa shape index (κ1) is 28.2. The maximum atomic E-state index is 13.3. The topological polar surface area (TPSA) is 87.7 Å². The molecular weight excluding hydrogens is 490 g/mol. The Hall–Kier alpha value is -3.81. The van der Waals surface area contributed by atoms with Crippen molar-refractivity contribution in [1.82, 2.24) is 4.90 Å². The molecular formula is C32H37N3O4. The highest BCUT2D eigenvalue weighted by atomic mass is 16.5. The Balaban J connectivity index is 1.47. The van der Waals surface area contributed by atoms with Gasteiger partial charge in [0.05, 0.1) is 19.2 Å². The van der Waals surface area contributed by atoms with Crippen LogP contribution in [0.25, 0.3) is 11.1 Å². The van der Waals surface area contributed by atoms with Crippen molar-refractivity contribution >= 4 is 29.0 Å². The smallest absolute Gasteiger partial charge is 0.255 e. The molecule has 204 valence electrons. The van der Waals surface area contributed by atoms with Crippen molar-refractivity contribution < 1.29 is 19.1 Å². The molecule has 1 aliphatic carbocycles. The maximum Gasteiger partial charge on any atom is 0.255 e. The molecule has 0 aliphatic heterocycles. The predicted octanol–water partition coefficient (Wildman–Crippen LogP) is 5.77. The Morgan fingerprint density at radius 2 is 1.64 bits per heavy atom. The summed E-state index contributed by atoms with van der Waals surface area (Å²) in [6, 6.07) is 22.4. The van der Waals surface area contributed by atoms with Gasteiger partial charge in [0.25, 0.3) is 5.91 Å². The van der Waals surface area contributed by atoms with Crippen molar-refractivity contribution in [3.63, 3.8) is 0 Å². The average Bonchev–Trinajstić information content (AvgIpc) is 2.91. The van der Waals surface area contributed by atoms with Gasteiger partial charge in [0.2, 0.25) is 5.91 Å². The van der Waals surface area contributed by atoms with Crippen molar-refractivity contribution in [2.75, 3.05) is 30.8 Å². The van der Waals surface area contributed by atoms with Crippen molar-refractivity contribution in [2.24, 2.45) is 5.92 Å². The molecule has 2 N–H and O–H groups in total. The highest BCUT2D eigenvalue weighted by Gasteiger charge is 2.28. The lowest BCUT2D eigenvalue weighted by Crippen LogP contribution is -2.47. The number of anilines is 2. The summed E-state index contributed by atoms with van der Waals surface area (Å²) in [5.41, 5.74) is 4.54. The van der Waals surface area contributed by atoms with Crippen LogP contribution in [0.15, 0.2) is 72.8 Å². The summed E-state index contributed by atoms with van der Waals surface area (Å²) in [6.45, 7) is 4.62. The molecule has 0 saturated heterocycles. The molecule has 0 spiro atoms. The molecule has 1 fully saturated rings. The van der Waals surface area contributed by atoms with Crippen LogP contribution in [0.2, 0.25) is 0 Å². The van der Waals surface area contributed by atoms with Gasteiger partial charge in [0.15, 0.2) is 0 Å². The third kappa shape index (κ3) is 7.62. The molecule has 7 nitrogen and oxygen atoms in total. The maximum absolute atomic E-state index is 13.3. The predicted molar refractivity (Wildman–Crippen MR) is 155 cm³/mol. The fraction of sp³-hybridized carbons (Fsp3) is 0.344. The first-order valence-corrected chi connectivity index (χ1v) is 13.5. The fourth-order valence-electron chi connectivity index (χ4n) is 4.75. The lowest BCUT2D eigenvalue weighted by atomic mass is 9.85. The number of carbonyl (C=O) groups is 3. The fourth-order valence-corrected chi connectivity index (χ4v) is 4.75. The molecule has 1 unspecified atom stereocenters. The number of amides is 2. The number of nitrogens with one attached hydrogen (secondary N) is 2. The lowest BCUT2D eigenvalue weighted by Gasteiger charge is -2.34. The van der Waals surface area contributed by atoms with Crippen LogP contribution in [0.4, 0.5) is 11.4 Å². The van der Waals surface area contributed by atoms with Crippen molar-refractivity contribution in [2.45, 2.75) is 45.8 Å². The minimum Gasteiger partial charge on any atom is -0.380 e. The van der Waals surface area contributed by atoms with Crippen LogP contribution in [-0.2, 0) is 20.9 Å². The number of Topliss-reactive ketones (excluding diaryl/α,β-unsaturated/α-hetero) is 1. The number of rotatable bonds is 12. The molecule has 7 heteroatoms. The number of ether oxygens (including phenoxy) is 1. The van der Waals surface area contributed by atoms with Gasteiger partial charge in [0, 0.05) is 36.2 Å². The van der Waals surface area contributed by atoms with E-state index in [0.717, 1.165) is 36.1 Å². The van der Waals surface area contributed by atoms with Gasteiger partial charge in [-0.15, -0.1) is 0 Å². The van der Waals surface area contributed by atoms with Gasteiger partial charge >= 0.3 is 0 Å². The molecule has 39 heavy (non-hydrogen) atoms. The molecule has 1 atom stereocenters. The highest BCUT2D eigenvalue weighted by Crippen LogP contribution is 2.28. The molecule has 4 rings (SSSR count). The molecule has 0 bridgehead atoms. The largest absolute Gasteiger partial charge is 0.380 e. The molecule has 3 aromatic rings. The van der Waals surface area contributed by atoms with Crippen LogP contribution >= 0.6 is 0 Å². The van der Waals surface area contributed by atoms with Crippen molar-refractivity contribution in [3.05, 3.63) is 83.9 Å². The van der Waals surface area contributed by atoms with E-state index in [9.17, 15) is 14.4 Å². The molecule has 0 heterocycles. The number of hydrogen-bond donors (Lipinski definition) is 2. The highest BCUT2D eigenvalue weighted by molar-refractivity contribution is 6.06.